The number of phenolic OH excluding ortho intramolecular Hbond substituents is 1. The van der Waals surface area contributed by atoms with Gasteiger partial charge in [-0.05, 0) is 33.8 Å². The fourth-order valence-corrected chi connectivity index (χ4v) is 1.68. The van der Waals surface area contributed by atoms with E-state index in [-0.39, 0.29) is 5.75 Å². The van der Waals surface area contributed by atoms with Crippen LogP contribution in [0.5, 0.6) is 11.5 Å². The molecule has 3 N–H and O–H groups in total. The summed E-state index contributed by atoms with van der Waals surface area (Å²) in [5, 5.41) is 23.8. The standard InChI is InChI=1S/C14H22ClNO3/c1-13(2,14(3,4)18)16-8-9-6-10(15)7-11(19-5)12(9)17/h6-7,16-18H,8H2,1-5H3. The lowest BCUT2D eigenvalue weighted by molar-refractivity contribution is -0.00540. The summed E-state index contributed by atoms with van der Waals surface area (Å²) in [4.78, 5) is 0. The van der Waals surface area contributed by atoms with Gasteiger partial charge in [-0.25, -0.2) is 0 Å². The Labute approximate surface area is 119 Å². The van der Waals surface area contributed by atoms with Crippen molar-refractivity contribution >= 4 is 11.6 Å². The normalized spacial score (nSPS) is 12.6. The zero-order chi connectivity index (χ0) is 14.8. The monoisotopic (exact) mass is 287 g/mol. The van der Waals surface area contributed by atoms with Gasteiger partial charge in [-0.15, -0.1) is 0 Å². The molecule has 0 heterocycles. The molecule has 0 saturated heterocycles. The smallest absolute Gasteiger partial charge is 0.162 e. The van der Waals surface area contributed by atoms with E-state index in [0.29, 0.717) is 22.9 Å². The van der Waals surface area contributed by atoms with Gasteiger partial charge >= 0.3 is 0 Å². The highest BCUT2D eigenvalue weighted by Crippen LogP contribution is 2.34. The zero-order valence-corrected chi connectivity index (χ0v) is 12.8. The van der Waals surface area contributed by atoms with Crippen LogP contribution in [0.3, 0.4) is 0 Å². The van der Waals surface area contributed by atoms with Crippen LogP contribution in [0.1, 0.15) is 33.3 Å². The van der Waals surface area contributed by atoms with Crippen molar-refractivity contribution in [3.05, 3.63) is 22.7 Å². The van der Waals surface area contributed by atoms with Crippen molar-refractivity contribution in [2.75, 3.05) is 7.11 Å². The van der Waals surface area contributed by atoms with Crippen LogP contribution in [-0.4, -0.2) is 28.5 Å². The highest BCUT2D eigenvalue weighted by atomic mass is 35.5. The SMILES string of the molecule is COc1cc(Cl)cc(CNC(C)(C)C(C)(C)O)c1O. The Kier molecular flexibility index (Phi) is 4.72. The van der Waals surface area contributed by atoms with Crippen molar-refractivity contribution in [3.63, 3.8) is 0 Å². The van der Waals surface area contributed by atoms with Gasteiger partial charge in [-0.3, -0.25) is 0 Å². The molecule has 0 fully saturated rings. The Morgan fingerprint density at radius 1 is 1.26 bits per heavy atom. The van der Waals surface area contributed by atoms with Gasteiger partial charge < -0.3 is 20.3 Å². The first-order chi connectivity index (χ1) is 8.58. The van der Waals surface area contributed by atoms with E-state index in [1.807, 2.05) is 13.8 Å². The Morgan fingerprint density at radius 3 is 2.32 bits per heavy atom. The van der Waals surface area contributed by atoms with Crippen molar-refractivity contribution in [2.24, 2.45) is 0 Å². The molecule has 1 aromatic rings. The van der Waals surface area contributed by atoms with Crippen LogP contribution in [0.2, 0.25) is 5.02 Å². The van der Waals surface area contributed by atoms with E-state index < -0.39 is 11.1 Å². The van der Waals surface area contributed by atoms with Crippen molar-refractivity contribution in [3.8, 4) is 11.5 Å². The average Bonchev–Trinajstić information content (AvgIpc) is 2.28. The van der Waals surface area contributed by atoms with Crippen LogP contribution in [0.15, 0.2) is 12.1 Å². The molecule has 108 valence electrons. The minimum atomic E-state index is -0.898. The Bertz CT molecular complexity index is 453. The van der Waals surface area contributed by atoms with Gasteiger partial charge in [0, 0.05) is 28.7 Å². The molecule has 4 nitrogen and oxygen atoms in total. The first kappa shape index (κ1) is 16.1. The van der Waals surface area contributed by atoms with Gasteiger partial charge in [0.05, 0.1) is 12.7 Å². The highest BCUT2D eigenvalue weighted by Gasteiger charge is 2.34. The number of aliphatic hydroxyl groups is 1. The third-order valence-corrected chi connectivity index (χ3v) is 3.81. The Balaban J connectivity index is 2.93. The van der Waals surface area contributed by atoms with Crippen LogP contribution >= 0.6 is 11.6 Å². The predicted molar refractivity (Wildman–Crippen MR) is 76.9 cm³/mol. The first-order valence-electron chi connectivity index (χ1n) is 6.11. The lowest BCUT2D eigenvalue weighted by atomic mass is 9.86. The lowest BCUT2D eigenvalue weighted by Gasteiger charge is -2.38. The summed E-state index contributed by atoms with van der Waals surface area (Å²) >= 11 is 5.97. The second-order valence-corrected chi connectivity index (χ2v) is 6.09. The first-order valence-corrected chi connectivity index (χ1v) is 6.49. The number of rotatable bonds is 5. The molecular formula is C14H22ClNO3. The second-order valence-electron chi connectivity index (χ2n) is 5.65. The van der Waals surface area contributed by atoms with Crippen LogP contribution in [-0.2, 0) is 6.54 Å². The predicted octanol–water partition coefficient (Wildman–Crippen LogP) is 2.69. The lowest BCUT2D eigenvalue weighted by Crippen LogP contribution is -2.55. The molecule has 0 unspecified atom stereocenters. The summed E-state index contributed by atoms with van der Waals surface area (Å²) < 4.78 is 5.05. The molecule has 0 amide bonds. The number of ether oxygens (including phenoxy) is 1. The van der Waals surface area contributed by atoms with Gasteiger partial charge in [-0.2, -0.15) is 0 Å². The average molecular weight is 288 g/mol. The molecule has 19 heavy (non-hydrogen) atoms. The van der Waals surface area contributed by atoms with E-state index in [1.165, 1.54) is 7.11 Å². The molecule has 1 aromatic carbocycles. The van der Waals surface area contributed by atoms with Crippen LogP contribution in [0.25, 0.3) is 0 Å². The molecule has 5 heteroatoms. The van der Waals surface area contributed by atoms with Crippen molar-refractivity contribution in [2.45, 2.75) is 45.4 Å². The number of halogens is 1. The van der Waals surface area contributed by atoms with E-state index in [9.17, 15) is 10.2 Å². The molecule has 0 aliphatic rings. The number of methoxy groups -OCH3 is 1. The minimum Gasteiger partial charge on any atom is -0.504 e. The number of phenols is 1. The fraction of sp³-hybridized carbons (Fsp3) is 0.571. The molecule has 0 spiro atoms. The summed E-state index contributed by atoms with van der Waals surface area (Å²) in [5.74, 6) is 0.399. The third kappa shape index (κ3) is 3.75. The van der Waals surface area contributed by atoms with Crippen LogP contribution in [0, 0.1) is 0 Å². The van der Waals surface area contributed by atoms with E-state index in [2.05, 4.69) is 5.32 Å². The molecule has 0 aromatic heterocycles. The summed E-state index contributed by atoms with van der Waals surface area (Å²) in [7, 11) is 1.48. The quantitative estimate of drug-likeness (QED) is 0.779. The molecule has 0 aliphatic carbocycles. The van der Waals surface area contributed by atoms with E-state index in [4.69, 9.17) is 16.3 Å². The minimum absolute atomic E-state index is 0.0611. The molecule has 0 aliphatic heterocycles. The molecule has 0 bridgehead atoms. The number of benzene rings is 1. The summed E-state index contributed by atoms with van der Waals surface area (Å²) in [6.45, 7) is 7.63. The highest BCUT2D eigenvalue weighted by molar-refractivity contribution is 6.30. The topological polar surface area (TPSA) is 61.7 Å². The molecule has 0 atom stereocenters. The molecular weight excluding hydrogens is 266 g/mol. The second kappa shape index (κ2) is 5.57. The van der Waals surface area contributed by atoms with Gasteiger partial charge in [0.1, 0.15) is 0 Å². The van der Waals surface area contributed by atoms with Crippen LogP contribution in [0.4, 0.5) is 0 Å². The van der Waals surface area contributed by atoms with Gasteiger partial charge in [0.2, 0.25) is 0 Å². The number of aromatic hydroxyl groups is 1. The van der Waals surface area contributed by atoms with E-state index in [1.54, 1.807) is 26.0 Å². The Hall–Kier alpha value is -0.970. The number of nitrogens with one attached hydrogen (secondary N) is 1. The molecule has 0 saturated carbocycles. The van der Waals surface area contributed by atoms with Gasteiger partial charge in [0.25, 0.3) is 0 Å². The largest absolute Gasteiger partial charge is 0.504 e. The fourth-order valence-electron chi connectivity index (χ4n) is 1.45. The number of hydrogen-bond acceptors (Lipinski definition) is 4. The van der Waals surface area contributed by atoms with Crippen molar-refractivity contribution in [1.29, 1.82) is 0 Å². The summed E-state index contributed by atoms with van der Waals surface area (Å²) in [5.41, 5.74) is -0.790. The zero-order valence-electron chi connectivity index (χ0n) is 12.0. The maximum Gasteiger partial charge on any atom is 0.162 e. The van der Waals surface area contributed by atoms with Gasteiger partial charge in [0.15, 0.2) is 11.5 Å². The summed E-state index contributed by atoms with van der Waals surface area (Å²) in [6, 6.07) is 3.23. The summed E-state index contributed by atoms with van der Waals surface area (Å²) in [6.07, 6.45) is 0. The maximum atomic E-state index is 10.1. The van der Waals surface area contributed by atoms with E-state index >= 15 is 0 Å². The third-order valence-electron chi connectivity index (χ3n) is 3.59. The van der Waals surface area contributed by atoms with E-state index in [0.717, 1.165) is 0 Å². The Morgan fingerprint density at radius 2 is 1.84 bits per heavy atom. The number of hydrogen-bond donors (Lipinski definition) is 3. The maximum absolute atomic E-state index is 10.1. The molecule has 0 radical (unpaired) electrons. The van der Waals surface area contributed by atoms with Crippen LogP contribution < -0.4 is 10.1 Å². The van der Waals surface area contributed by atoms with Crippen molar-refractivity contribution in [1.82, 2.24) is 5.32 Å². The van der Waals surface area contributed by atoms with Crippen molar-refractivity contribution < 1.29 is 14.9 Å². The molecule has 1 rings (SSSR count). The van der Waals surface area contributed by atoms with Gasteiger partial charge in [-0.1, -0.05) is 11.6 Å².